The third-order valence-corrected chi connectivity index (χ3v) is 11.2. The number of fused-ring (bicyclic) bond motifs is 1. The molecule has 0 saturated heterocycles. The summed E-state index contributed by atoms with van der Waals surface area (Å²) in [6.45, 7) is 16.8. The van der Waals surface area contributed by atoms with Gasteiger partial charge < -0.3 is 4.43 Å². The topological polar surface area (TPSA) is 79.9 Å². The molecule has 0 aliphatic heterocycles. The van der Waals surface area contributed by atoms with Gasteiger partial charge in [-0.05, 0) is 62.3 Å². The molecule has 1 atom stereocenters. The number of nitrogens with zero attached hydrogens (tertiary/aromatic N) is 3. The summed E-state index contributed by atoms with van der Waals surface area (Å²) >= 11 is 0. The van der Waals surface area contributed by atoms with Gasteiger partial charge in [-0.25, -0.2) is 4.98 Å². The van der Waals surface area contributed by atoms with Gasteiger partial charge in [0, 0.05) is 5.70 Å². The van der Waals surface area contributed by atoms with E-state index in [1.165, 1.54) is 0 Å². The lowest BCUT2D eigenvalue weighted by Crippen LogP contribution is -2.52. The molecule has 0 radical (unpaired) electrons. The van der Waals surface area contributed by atoms with Gasteiger partial charge >= 0.3 is 0 Å². The van der Waals surface area contributed by atoms with E-state index in [0.717, 1.165) is 16.7 Å². The number of carbonyl (C=O) groups excluding carboxylic acids is 1. The van der Waals surface area contributed by atoms with Crippen LogP contribution >= 0.6 is 0 Å². The zero-order valence-corrected chi connectivity index (χ0v) is 20.7. The maximum Gasteiger partial charge on any atom is 0.232 e. The predicted molar refractivity (Wildman–Crippen MR) is 128 cm³/mol. The Morgan fingerprint density at radius 2 is 1.90 bits per heavy atom. The van der Waals surface area contributed by atoms with Crippen LogP contribution in [0.3, 0.4) is 0 Å². The summed E-state index contributed by atoms with van der Waals surface area (Å²) in [6, 6.07) is 7.49. The number of amides is 1. The van der Waals surface area contributed by atoms with E-state index in [4.69, 9.17) is 4.43 Å². The Labute approximate surface area is 185 Å². The summed E-state index contributed by atoms with van der Waals surface area (Å²) in [5, 5.41) is 12.3. The van der Waals surface area contributed by atoms with E-state index in [1.807, 2.05) is 43.6 Å². The van der Waals surface area contributed by atoms with Gasteiger partial charge in [0.15, 0.2) is 8.32 Å². The SMILES string of the molecule is C[C@H](C(=O)Nc1nc2ccc(C#N)cc2n1C1=CC=C1)C(C)(C)O[Si](C)(C)C(C)(C)C. The van der Waals surface area contributed by atoms with Crippen LogP contribution in [0, 0.1) is 17.2 Å². The molecule has 0 fully saturated rings. The van der Waals surface area contributed by atoms with E-state index in [9.17, 15) is 10.1 Å². The molecule has 1 aliphatic carbocycles. The van der Waals surface area contributed by atoms with Crippen LogP contribution in [0.5, 0.6) is 0 Å². The molecule has 2 aromatic rings. The molecule has 1 aromatic carbocycles. The maximum absolute atomic E-state index is 13.3. The van der Waals surface area contributed by atoms with Crippen LogP contribution in [0.25, 0.3) is 16.7 Å². The van der Waals surface area contributed by atoms with Crippen LogP contribution in [0.1, 0.15) is 47.1 Å². The lowest BCUT2D eigenvalue weighted by atomic mass is 9.92. The summed E-state index contributed by atoms with van der Waals surface area (Å²) in [7, 11) is -2.05. The van der Waals surface area contributed by atoms with E-state index in [0.29, 0.717) is 11.5 Å². The first kappa shape index (κ1) is 23.0. The lowest BCUT2D eigenvalue weighted by Gasteiger charge is -2.44. The average molecular weight is 437 g/mol. The molecular formula is C24H32N4O2Si. The van der Waals surface area contributed by atoms with Gasteiger partial charge in [0.2, 0.25) is 11.9 Å². The van der Waals surface area contributed by atoms with Gasteiger partial charge in [-0.2, -0.15) is 5.26 Å². The normalized spacial score (nSPS) is 15.3. The minimum absolute atomic E-state index is 0.0515. The molecule has 6 nitrogen and oxygen atoms in total. The zero-order valence-electron chi connectivity index (χ0n) is 19.7. The van der Waals surface area contributed by atoms with Crippen molar-refractivity contribution in [1.29, 1.82) is 5.26 Å². The minimum Gasteiger partial charge on any atom is -0.411 e. The minimum atomic E-state index is -2.05. The number of imidazole rings is 1. The summed E-state index contributed by atoms with van der Waals surface area (Å²) in [6.07, 6.45) is 5.83. The number of hydrogen-bond donors (Lipinski definition) is 1. The Morgan fingerprint density at radius 1 is 1.26 bits per heavy atom. The number of benzene rings is 1. The highest BCUT2D eigenvalue weighted by molar-refractivity contribution is 6.74. The van der Waals surface area contributed by atoms with Gasteiger partial charge in [0.1, 0.15) is 0 Å². The Kier molecular flexibility index (Phi) is 5.76. The number of anilines is 1. The molecule has 1 heterocycles. The first-order chi connectivity index (χ1) is 14.3. The predicted octanol–water partition coefficient (Wildman–Crippen LogP) is 5.69. The van der Waals surface area contributed by atoms with Crippen LogP contribution in [-0.2, 0) is 9.22 Å². The second-order valence-corrected chi connectivity index (χ2v) is 14.9. The molecule has 0 unspecified atom stereocenters. The number of rotatable bonds is 6. The van der Waals surface area contributed by atoms with Crippen molar-refractivity contribution in [2.24, 2.45) is 5.92 Å². The first-order valence-electron chi connectivity index (χ1n) is 10.6. The van der Waals surface area contributed by atoms with Crippen molar-refractivity contribution in [1.82, 2.24) is 9.55 Å². The van der Waals surface area contributed by atoms with Crippen molar-refractivity contribution >= 4 is 36.9 Å². The van der Waals surface area contributed by atoms with Crippen molar-refractivity contribution in [3.63, 3.8) is 0 Å². The van der Waals surface area contributed by atoms with Gasteiger partial charge in [0.25, 0.3) is 0 Å². The van der Waals surface area contributed by atoms with Crippen LogP contribution in [0.2, 0.25) is 18.1 Å². The smallest absolute Gasteiger partial charge is 0.232 e. The Bertz CT molecular complexity index is 1130. The van der Waals surface area contributed by atoms with E-state index < -0.39 is 19.8 Å². The summed E-state index contributed by atoms with van der Waals surface area (Å²) in [4.78, 5) is 17.9. The summed E-state index contributed by atoms with van der Waals surface area (Å²) < 4.78 is 8.48. The number of carbonyl (C=O) groups is 1. The van der Waals surface area contributed by atoms with Gasteiger partial charge in [-0.3, -0.25) is 14.7 Å². The summed E-state index contributed by atoms with van der Waals surface area (Å²) in [5.41, 5.74) is 2.34. The Hall–Kier alpha value is -2.69. The zero-order chi connectivity index (χ0) is 23.2. The molecular weight excluding hydrogens is 404 g/mol. The molecule has 0 spiro atoms. The lowest BCUT2D eigenvalue weighted by molar-refractivity contribution is -0.125. The fourth-order valence-electron chi connectivity index (χ4n) is 3.25. The fourth-order valence-corrected chi connectivity index (χ4v) is 5.05. The maximum atomic E-state index is 13.3. The second kappa shape index (κ2) is 7.77. The van der Waals surface area contributed by atoms with Gasteiger partial charge in [-0.15, -0.1) is 0 Å². The molecule has 7 heteroatoms. The largest absolute Gasteiger partial charge is 0.411 e. The van der Waals surface area contributed by atoms with Crippen molar-refractivity contribution in [2.45, 2.75) is 65.3 Å². The third kappa shape index (κ3) is 4.36. The molecule has 0 bridgehead atoms. The number of nitrogens with one attached hydrogen (secondary N) is 1. The quantitative estimate of drug-likeness (QED) is 0.590. The molecule has 1 amide bonds. The Balaban J connectivity index is 1.90. The highest BCUT2D eigenvalue weighted by Crippen LogP contribution is 2.41. The third-order valence-electron chi connectivity index (χ3n) is 6.57. The number of allylic oxidation sites excluding steroid dienone is 4. The molecule has 1 N–H and O–H groups in total. The standard InChI is InChI=1S/C24H32N4O2Si/c1-16(24(5,6)30-31(7,8)23(2,3)4)21(29)27-22-26-19-13-12-17(15-25)14-20(19)28(22)18-10-9-11-18/h9-14,16H,1-8H3,(H,26,27,29)/t16-/m1/s1. The first-order valence-corrected chi connectivity index (χ1v) is 13.5. The molecule has 1 aromatic heterocycles. The monoisotopic (exact) mass is 436 g/mol. The van der Waals surface area contributed by atoms with Crippen LogP contribution in [-0.4, -0.2) is 29.4 Å². The van der Waals surface area contributed by atoms with Crippen LogP contribution in [0.15, 0.2) is 36.4 Å². The van der Waals surface area contributed by atoms with Crippen LogP contribution in [0.4, 0.5) is 5.95 Å². The van der Waals surface area contributed by atoms with Crippen molar-refractivity contribution in [2.75, 3.05) is 5.32 Å². The molecule has 3 rings (SSSR count). The number of hydrogen-bond acceptors (Lipinski definition) is 4. The molecule has 0 saturated carbocycles. The van der Waals surface area contributed by atoms with Crippen molar-refractivity contribution in [3.05, 3.63) is 42.0 Å². The highest BCUT2D eigenvalue weighted by atomic mass is 28.4. The fraction of sp³-hybridized carbons (Fsp3) is 0.458. The van der Waals surface area contributed by atoms with E-state index >= 15 is 0 Å². The number of aromatic nitrogens is 2. The molecule has 164 valence electrons. The van der Waals surface area contributed by atoms with Crippen LogP contribution < -0.4 is 5.32 Å². The van der Waals surface area contributed by atoms with Gasteiger partial charge in [-0.1, -0.05) is 33.8 Å². The van der Waals surface area contributed by atoms with Crippen molar-refractivity contribution in [3.8, 4) is 6.07 Å². The van der Waals surface area contributed by atoms with E-state index in [-0.39, 0.29) is 10.9 Å². The number of nitriles is 1. The van der Waals surface area contributed by atoms with E-state index in [2.05, 4.69) is 50.2 Å². The highest BCUT2D eigenvalue weighted by Gasteiger charge is 2.44. The Morgan fingerprint density at radius 3 is 2.42 bits per heavy atom. The average Bonchev–Trinajstić information content (AvgIpc) is 2.94. The molecule has 1 aliphatic rings. The van der Waals surface area contributed by atoms with E-state index in [1.54, 1.807) is 18.2 Å². The van der Waals surface area contributed by atoms with Gasteiger partial charge in [0.05, 0.1) is 34.2 Å². The molecule has 31 heavy (non-hydrogen) atoms. The summed E-state index contributed by atoms with van der Waals surface area (Å²) in [5.74, 6) is -0.0965. The second-order valence-electron chi connectivity index (χ2n) is 10.2. The van der Waals surface area contributed by atoms with Crippen molar-refractivity contribution < 1.29 is 9.22 Å².